The summed E-state index contributed by atoms with van der Waals surface area (Å²) in [5, 5.41) is 3.84. The first-order valence-electron chi connectivity index (χ1n) is 10.6. The maximum atomic E-state index is 13.5. The molecular formula is C25H27N3O2. The van der Waals surface area contributed by atoms with Gasteiger partial charge in [-0.15, -0.1) is 0 Å². The molecule has 0 radical (unpaired) electrons. The predicted molar refractivity (Wildman–Crippen MR) is 120 cm³/mol. The SMILES string of the molecule is CC(C)c1cc(C(=O)N2CCCC(C(=O)Nc3ccccc3)C2)c2ccccc2n1. The third-order valence-corrected chi connectivity index (χ3v) is 5.68. The summed E-state index contributed by atoms with van der Waals surface area (Å²) < 4.78 is 0. The number of fused-ring (bicyclic) bond motifs is 1. The highest BCUT2D eigenvalue weighted by atomic mass is 16.2. The van der Waals surface area contributed by atoms with Crippen LogP contribution in [0.2, 0.25) is 0 Å². The number of carbonyl (C=O) groups excluding carboxylic acids is 2. The van der Waals surface area contributed by atoms with Crippen molar-refractivity contribution in [3.8, 4) is 0 Å². The molecule has 4 rings (SSSR count). The van der Waals surface area contributed by atoms with Gasteiger partial charge >= 0.3 is 0 Å². The maximum Gasteiger partial charge on any atom is 0.254 e. The summed E-state index contributed by atoms with van der Waals surface area (Å²) in [4.78, 5) is 32.8. The van der Waals surface area contributed by atoms with Gasteiger partial charge in [0.05, 0.1) is 17.0 Å². The number of pyridine rings is 1. The van der Waals surface area contributed by atoms with E-state index in [0.29, 0.717) is 18.7 Å². The molecule has 1 saturated heterocycles. The van der Waals surface area contributed by atoms with E-state index in [1.54, 1.807) is 0 Å². The molecule has 2 amide bonds. The highest BCUT2D eigenvalue weighted by Gasteiger charge is 2.30. The lowest BCUT2D eigenvalue weighted by atomic mass is 9.95. The van der Waals surface area contributed by atoms with Crippen LogP contribution in [0.1, 0.15) is 48.7 Å². The Balaban J connectivity index is 1.57. The number of hydrogen-bond donors (Lipinski definition) is 1. The van der Waals surface area contributed by atoms with Crippen molar-refractivity contribution in [1.29, 1.82) is 0 Å². The van der Waals surface area contributed by atoms with Crippen molar-refractivity contribution < 1.29 is 9.59 Å². The molecule has 1 unspecified atom stereocenters. The van der Waals surface area contributed by atoms with E-state index in [-0.39, 0.29) is 23.7 Å². The lowest BCUT2D eigenvalue weighted by molar-refractivity contribution is -0.121. The van der Waals surface area contributed by atoms with Crippen LogP contribution in [0.3, 0.4) is 0 Å². The van der Waals surface area contributed by atoms with Gasteiger partial charge in [-0.1, -0.05) is 50.2 Å². The third-order valence-electron chi connectivity index (χ3n) is 5.68. The summed E-state index contributed by atoms with van der Waals surface area (Å²) in [6.45, 7) is 5.26. The second-order valence-electron chi connectivity index (χ2n) is 8.21. The fourth-order valence-electron chi connectivity index (χ4n) is 3.98. The number of hydrogen-bond acceptors (Lipinski definition) is 3. The largest absolute Gasteiger partial charge is 0.338 e. The van der Waals surface area contributed by atoms with Gasteiger partial charge in [-0.2, -0.15) is 0 Å². The summed E-state index contributed by atoms with van der Waals surface area (Å²) in [6, 6.07) is 19.2. The minimum atomic E-state index is -0.208. The Kier molecular flexibility index (Phi) is 5.79. The Morgan fingerprint density at radius 3 is 2.57 bits per heavy atom. The number of carbonyl (C=O) groups is 2. The van der Waals surface area contributed by atoms with Crippen LogP contribution in [-0.4, -0.2) is 34.8 Å². The summed E-state index contributed by atoms with van der Waals surface area (Å²) >= 11 is 0. The molecule has 0 aliphatic carbocycles. The second kappa shape index (κ2) is 8.66. The number of nitrogens with one attached hydrogen (secondary N) is 1. The first-order valence-corrected chi connectivity index (χ1v) is 10.6. The lowest BCUT2D eigenvalue weighted by Gasteiger charge is -2.32. The van der Waals surface area contributed by atoms with Gasteiger partial charge in [-0.3, -0.25) is 14.6 Å². The van der Waals surface area contributed by atoms with Gasteiger partial charge in [0.15, 0.2) is 0 Å². The number of amides is 2. The Hall–Kier alpha value is -3.21. The topological polar surface area (TPSA) is 62.3 Å². The summed E-state index contributed by atoms with van der Waals surface area (Å²) in [5.74, 6) is -0.0265. The smallest absolute Gasteiger partial charge is 0.254 e. The van der Waals surface area contributed by atoms with E-state index in [1.807, 2.05) is 65.6 Å². The second-order valence-corrected chi connectivity index (χ2v) is 8.21. The quantitative estimate of drug-likeness (QED) is 0.680. The molecule has 2 aromatic carbocycles. The van der Waals surface area contributed by atoms with Gasteiger partial charge < -0.3 is 10.2 Å². The highest BCUT2D eigenvalue weighted by molar-refractivity contribution is 6.06. The minimum Gasteiger partial charge on any atom is -0.338 e. The van der Waals surface area contributed by atoms with Crippen molar-refractivity contribution >= 4 is 28.4 Å². The van der Waals surface area contributed by atoms with Crippen molar-refractivity contribution in [1.82, 2.24) is 9.88 Å². The van der Waals surface area contributed by atoms with Crippen molar-refractivity contribution in [2.75, 3.05) is 18.4 Å². The van der Waals surface area contributed by atoms with Gasteiger partial charge in [-0.25, -0.2) is 0 Å². The van der Waals surface area contributed by atoms with E-state index < -0.39 is 0 Å². The van der Waals surface area contributed by atoms with Gasteiger partial charge in [-0.05, 0) is 43.0 Å². The molecule has 30 heavy (non-hydrogen) atoms. The molecule has 0 spiro atoms. The minimum absolute atomic E-state index is 0.0206. The average molecular weight is 402 g/mol. The number of piperidine rings is 1. The number of rotatable bonds is 4. The van der Waals surface area contributed by atoms with Gasteiger partial charge in [0.1, 0.15) is 0 Å². The van der Waals surface area contributed by atoms with Crippen molar-refractivity contribution in [2.24, 2.45) is 5.92 Å². The third kappa shape index (κ3) is 4.20. The number of aromatic nitrogens is 1. The number of anilines is 1. The monoisotopic (exact) mass is 401 g/mol. The fourth-order valence-corrected chi connectivity index (χ4v) is 3.98. The van der Waals surface area contributed by atoms with Gasteiger partial charge in [0, 0.05) is 29.9 Å². The van der Waals surface area contributed by atoms with E-state index in [4.69, 9.17) is 4.98 Å². The highest BCUT2D eigenvalue weighted by Crippen LogP contribution is 2.26. The van der Waals surface area contributed by atoms with Crippen molar-refractivity contribution in [3.05, 3.63) is 71.9 Å². The Morgan fingerprint density at radius 1 is 1.07 bits per heavy atom. The zero-order valence-electron chi connectivity index (χ0n) is 17.5. The summed E-state index contributed by atoms with van der Waals surface area (Å²) in [7, 11) is 0. The van der Waals surface area contributed by atoms with Crippen LogP contribution in [0.5, 0.6) is 0 Å². The summed E-state index contributed by atoms with van der Waals surface area (Å²) in [5.41, 5.74) is 3.20. The molecular weight excluding hydrogens is 374 g/mol. The molecule has 3 aromatic rings. The Morgan fingerprint density at radius 2 is 1.80 bits per heavy atom. The maximum absolute atomic E-state index is 13.5. The Bertz CT molecular complexity index is 1060. The van der Waals surface area contributed by atoms with E-state index in [0.717, 1.165) is 35.1 Å². The molecule has 0 bridgehead atoms. The molecule has 1 N–H and O–H groups in total. The molecule has 5 heteroatoms. The number of likely N-dealkylation sites (tertiary alicyclic amines) is 1. The van der Waals surface area contributed by atoms with Gasteiger partial charge in [0.25, 0.3) is 5.91 Å². The number of para-hydroxylation sites is 2. The normalized spacial score (nSPS) is 16.6. The lowest BCUT2D eigenvalue weighted by Crippen LogP contribution is -2.43. The molecule has 1 aliphatic heterocycles. The molecule has 154 valence electrons. The fraction of sp³-hybridized carbons (Fsp3) is 0.320. The molecule has 2 heterocycles. The molecule has 1 aromatic heterocycles. The van der Waals surface area contributed by atoms with Crippen molar-refractivity contribution in [3.63, 3.8) is 0 Å². The van der Waals surface area contributed by atoms with Crippen LogP contribution in [0.4, 0.5) is 5.69 Å². The molecule has 0 saturated carbocycles. The Labute approximate surface area is 177 Å². The van der Waals surface area contributed by atoms with Crippen molar-refractivity contribution in [2.45, 2.75) is 32.6 Å². The number of nitrogens with zero attached hydrogens (tertiary/aromatic N) is 2. The van der Waals surface area contributed by atoms with E-state index in [2.05, 4.69) is 19.2 Å². The van der Waals surface area contributed by atoms with Crippen LogP contribution < -0.4 is 5.32 Å². The van der Waals surface area contributed by atoms with Crippen LogP contribution >= 0.6 is 0 Å². The van der Waals surface area contributed by atoms with E-state index in [1.165, 1.54) is 0 Å². The molecule has 1 aliphatic rings. The van der Waals surface area contributed by atoms with E-state index in [9.17, 15) is 9.59 Å². The molecule has 5 nitrogen and oxygen atoms in total. The van der Waals surface area contributed by atoms with Crippen LogP contribution in [0.15, 0.2) is 60.7 Å². The average Bonchev–Trinajstić information content (AvgIpc) is 2.78. The first-order chi connectivity index (χ1) is 14.5. The zero-order chi connectivity index (χ0) is 21.1. The van der Waals surface area contributed by atoms with Crippen LogP contribution in [0.25, 0.3) is 10.9 Å². The van der Waals surface area contributed by atoms with E-state index >= 15 is 0 Å². The van der Waals surface area contributed by atoms with Crippen LogP contribution in [0, 0.1) is 5.92 Å². The number of benzene rings is 2. The molecule has 1 atom stereocenters. The zero-order valence-corrected chi connectivity index (χ0v) is 17.5. The van der Waals surface area contributed by atoms with Crippen LogP contribution in [-0.2, 0) is 4.79 Å². The summed E-state index contributed by atoms with van der Waals surface area (Å²) in [6.07, 6.45) is 1.61. The molecule has 1 fully saturated rings. The first kappa shape index (κ1) is 20.1. The van der Waals surface area contributed by atoms with Gasteiger partial charge in [0.2, 0.25) is 5.91 Å². The predicted octanol–water partition coefficient (Wildman–Crippen LogP) is 4.85. The standard InChI is InChI=1S/C25H27N3O2/c1-17(2)23-15-21(20-12-6-7-13-22(20)27-23)25(30)28-14-8-9-18(16-28)24(29)26-19-10-4-3-5-11-19/h3-7,10-13,15,17-18H,8-9,14,16H2,1-2H3,(H,26,29).